The molecule has 3 N–H and O–H groups in total. The molecular weight excluding hydrogens is 205 g/mol. The third kappa shape index (κ3) is 31.3. The summed E-state index contributed by atoms with van der Waals surface area (Å²) in [6, 6.07) is 0. The van der Waals surface area contributed by atoms with Gasteiger partial charge < -0.3 is 21.0 Å². The van der Waals surface area contributed by atoms with Gasteiger partial charge in [-0.15, -0.1) is 0 Å². The molecule has 0 aliphatic rings. The molecule has 0 aliphatic heterocycles. The van der Waals surface area contributed by atoms with Gasteiger partial charge in [-0.05, 0) is 13.8 Å². The predicted molar refractivity (Wildman–Crippen MR) is 42.4 cm³/mol. The van der Waals surface area contributed by atoms with Crippen LogP contribution in [-0.2, 0) is 9.09 Å². The Labute approximate surface area is 81.9 Å². The zero-order valence-electron chi connectivity index (χ0n) is 7.14. The van der Waals surface area contributed by atoms with Gasteiger partial charge in [-0.2, -0.15) is 4.20 Å². The van der Waals surface area contributed by atoms with E-state index in [2.05, 4.69) is 4.52 Å². The summed E-state index contributed by atoms with van der Waals surface area (Å²) in [5.41, 5.74) is 0. The molecule has 0 fully saturated rings. The minimum Gasteiger partial charge on any atom is -0.870 e. The van der Waals surface area contributed by atoms with Crippen LogP contribution in [0.25, 0.3) is 0 Å². The molecule has 0 saturated heterocycles. The quantitative estimate of drug-likeness (QED) is 0.511. The number of halogens is 1. The van der Waals surface area contributed by atoms with E-state index in [1.165, 1.54) is 0 Å². The van der Waals surface area contributed by atoms with Crippen molar-refractivity contribution in [3.8, 4) is 0 Å². The van der Waals surface area contributed by atoms with Crippen LogP contribution in [0.15, 0.2) is 0 Å². The predicted octanol–water partition coefficient (Wildman–Crippen LogP) is 1.29. The van der Waals surface area contributed by atoms with Gasteiger partial charge in [0.15, 0.2) is 0 Å². The monoisotopic (exact) mass is 218 g/mol. The van der Waals surface area contributed by atoms with Crippen molar-refractivity contribution in [3.63, 3.8) is 0 Å². The molecule has 0 aromatic rings. The zero-order chi connectivity index (χ0) is 6.78. The minimum atomic E-state index is -3.72. The molecule has 0 aliphatic carbocycles. The van der Waals surface area contributed by atoms with Gasteiger partial charge in [0.1, 0.15) is 0 Å². The van der Waals surface area contributed by atoms with Gasteiger partial charge in [0.2, 0.25) is 0 Å². The van der Waals surface area contributed by atoms with E-state index in [9.17, 15) is 8.76 Å². The van der Waals surface area contributed by atoms with Gasteiger partial charge >= 0.3 is 25.0 Å². The fourth-order valence-electron chi connectivity index (χ4n) is 0.377. The van der Waals surface area contributed by atoms with E-state index < -0.39 is 7.68 Å². The summed E-state index contributed by atoms with van der Waals surface area (Å²) in [5.74, 6) is 0. The SMILES string of the molecule is CC(C)OP(C)(=O)F.[Al+3].[OH-].[OH-].[OH-]. The Balaban J connectivity index is -0.0000000408. The number of hydrogen-bond acceptors (Lipinski definition) is 5. The summed E-state index contributed by atoms with van der Waals surface area (Å²) >= 11 is 0. The molecule has 1 atom stereocenters. The van der Waals surface area contributed by atoms with E-state index in [-0.39, 0.29) is 39.9 Å². The van der Waals surface area contributed by atoms with Crippen molar-refractivity contribution in [1.29, 1.82) is 0 Å². The van der Waals surface area contributed by atoms with Crippen molar-refractivity contribution in [3.05, 3.63) is 0 Å². The second-order valence-electron chi connectivity index (χ2n) is 1.90. The van der Waals surface area contributed by atoms with Crippen LogP contribution in [0.4, 0.5) is 4.20 Å². The van der Waals surface area contributed by atoms with Crippen molar-refractivity contribution in [1.82, 2.24) is 0 Å². The third-order valence-electron chi connectivity index (χ3n) is 0.399. The molecule has 8 heteroatoms. The summed E-state index contributed by atoms with van der Waals surface area (Å²) in [6.07, 6.45) is -0.296. The maximum atomic E-state index is 12.0. The fourth-order valence-corrected chi connectivity index (χ4v) is 1.13. The van der Waals surface area contributed by atoms with Crippen LogP contribution in [0.5, 0.6) is 0 Å². The first kappa shape index (κ1) is 29.4. The van der Waals surface area contributed by atoms with E-state index in [1.54, 1.807) is 13.8 Å². The average Bonchev–Trinajstić information content (AvgIpc) is 1.21. The van der Waals surface area contributed by atoms with Gasteiger partial charge in [0.25, 0.3) is 0 Å². The first-order chi connectivity index (χ1) is 3.42. The third-order valence-corrected chi connectivity index (χ3v) is 1.20. The molecule has 1 unspecified atom stereocenters. The molecule has 0 aromatic carbocycles. The summed E-state index contributed by atoms with van der Waals surface area (Å²) in [7, 11) is -3.72. The van der Waals surface area contributed by atoms with E-state index in [4.69, 9.17) is 0 Å². The molecule has 12 heavy (non-hydrogen) atoms. The van der Waals surface area contributed by atoms with Crippen LogP contribution in [0.1, 0.15) is 13.8 Å². The summed E-state index contributed by atoms with van der Waals surface area (Å²) in [5, 5.41) is 0. The second-order valence-corrected chi connectivity index (χ2v) is 3.61. The van der Waals surface area contributed by atoms with Gasteiger partial charge in [-0.25, -0.2) is 0 Å². The standard InChI is InChI=1S/C4H10FO2P.Al.3H2O/c1-4(2)7-8(3,5)6;;;;/h4H,1-3H3;;3*1H2/q;+3;;;/p-3. The largest absolute Gasteiger partial charge is 3.00 e. The normalized spacial score (nSPS) is 12.4. The van der Waals surface area contributed by atoms with E-state index in [1.807, 2.05) is 0 Å². The topological polar surface area (TPSA) is 116 Å². The van der Waals surface area contributed by atoms with Crippen molar-refractivity contribution in [2.24, 2.45) is 0 Å². The fraction of sp³-hybridized carbons (Fsp3) is 1.00. The van der Waals surface area contributed by atoms with Crippen LogP contribution in [0.3, 0.4) is 0 Å². The molecule has 0 amide bonds. The van der Waals surface area contributed by atoms with Crippen molar-refractivity contribution in [2.45, 2.75) is 20.0 Å². The molecule has 0 heterocycles. The van der Waals surface area contributed by atoms with Gasteiger partial charge in [-0.3, -0.25) is 4.57 Å². The Morgan fingerprint density at radius 3 is 1.50 bits per heavy atom. The molecule has 0 aromatic heterocycles. The summed E-state index contributed by atoms with van der Waals surface area (Å²) < 4.78 is 26.4. The maximum Gasteiger partial charge on any atom is 3.00 e. The maximum absolute atomic E-state index is 12.0. The van der Waals surface area contributed by atoms with Crippen molar-refractivity contribution < 1.29 is 29.7 Å². The Kier molecular flexibility index (Phi) is 28.2. The van der Waals surface area contributed by atoms with E-state index >= 15 is 0 Å². The number of hydrogen-bond donors (Lipinski definition) is 0. The zero-order valence-corrected chi connectivity index (χ0v) is 9.19. The first-order valence-corrected chi connectivity index (χ1v) is 4.33. The summed E-state index contributed by atoms with van der Waals surface area (Å²) in [6.45, 7) is 4.22. The molecule has 0 spiro atoms. The Morgan fingerprint density at radius 2 is 1.50 bits per heavy atom. The Bertz CT molecular complexity index is 116. The van der Waals surface area contributed by atoms with Crippen molar-refractivity contribution >= 4 is 25.0 Å². The molecule has 0 rings (SSSR count). The van der Waals surface area contributed by atoms with Crippen LogP contribution < -0.4 is 0 Å². The Morgan fingerprint density at radius 1 is 1.25 bits per heavy atom. The Hall–Kier alpha value is 0.532. The van der Waals surface area contributed by atoms with E-state index in [0.717, 1.165) is 6.66 Å². The average molecular weight is 218 g/mol. The summed E-state index contributed by atoms with van der Waals surface area (Å²) in [4.78, 5) is 0. The van der Waals surface area contributed by atoms with Crippen molar-refractivity contribution in [2.75, 3.05) is 6.66 Å². The molecule has 5 nitrogen and oxygen atoms in total. The molecule has 74 valence electrons. The van der Waals surface area contributed by atoms with Crippen LogP contribution >= 0.6 is 7.68 Å². The first-order valence-electron chi connectivity index (χ1n) is 2.37. The molecule has 0 saturated carbocycles. The molecular formula is C4H13AlFO5P. The second kappa shape index (κ2) is 11.5. The van der Waals surface area contributed by atoms with Gasteiger partial charge in [0.05, 0.1) is 6.10 Å². The van der Waals surface area contributed by atoms with Gasteiger partial charge in [-0.1, -0.05) is 0 Å². The molecule has 0 bridgehead atoms. The number of rotatable bonds is 2. The van der Waals surface area contributed by atoms with Crippen LogP contribution in [0.2, 0.25) is 0 Å². The molecule has 0 radical (unpaired) electrons. The van der Waals surface area contributed by atoms with Crippen LogP contribution in [-0.4, -0.2) is 46.6 Å². The van der Waals surface area contributed by atoms with E-state index in [0.29, 0.717) is 0 Å². The minimum absolute atomic E-state index is 0. The smallest absolute Gasteiger partial charge is 0.870 e. The van der Waals surface area contributed by atoms with Gasteiger partial charge in [0, 0.05) is 6.66 Å². The van der Waals surface area contributed by atoms with Crippen LogP contribution in [0, 0.1) is 0 Å².